The fourth-order valence-corrected chi connectivity index (χ4v) is 1.45. The van der Waals surface area contributed by atoms with Crippen LogP contribution in [0.5, 0.6) is 0 Å². The molecule has 0 N–H and O–H groups in total. The molecule has 0 aliphatic rings. The molecule has 60 valence electrons. The minimum atomic E-state index is 1.18. The van der Waals surface area contributed by atoms with E-state index in [0.717, 1.165) is 0 Å². The average molecular weight is 205 g/mol. The minimum Gasteiger partial charge on any atom is -0.162 e. The minimum absolute atomic E-state index is 1.18. The molecule has 0 fully saturated rings. The van der Waals surface area contributed by atoms with Gasteiger partial charge >= 0.3 is 0 Å². The summed E-state index contributed by atoms with van der Waals surface area (Å²) in [6, 6.07) is 0. The van der Waals surface area contributed by atoms with Gasteiger partial charge in [-0.25, -0.2) is 0 Å². The van der Waals surface area contributed by atoms with Crippen LogP contribution in [0.1, 0.15) is 45.4 Å². The largest absolute Gasteiger partial charge is 0.204 e. The third kappa shape index (κ3) is 8.54. The summed E-state index contributed by atoms with van der Waals surface area (Å²) in [6.45, 7) is 2.26. The Bertz CT molecular complexity index is 49.2. The summed E-state index contributed by atoms with van der Waals surface area (Å²) in [5.41, 5.74) is 0. The van der Waals surface area contributed by atoms with Gasteiger partial charge in [-0.3, -0.25) is 0 Å². The molecule has 0 nitrogen and oxygen atoms in total. The maximum absolute atomic E-state index is 3.43. The van der Waals surface area contributed by atoms with Crippen molar-refractivity contribution in [3.63, 3.8) is 0 Å². The molecule has 0 rings (SSSR count). The van der Waals surface area contributed by atoms with Gasteiger partial charge < -0.3 is 0 Å². The lowest BCUT2D eigenvalue weighted by atomic mass is 9.98. The second kappa shape index (κ2) is 9.54. The van der Waals surface area contributed by atoms with Gasteiger partial charge in [0.1, 0.15) is 0 Å². The molecule has 0 aromatic rings. The highest BCUT2D eigenvalue weighted by Gasteiger charge is 1.89. The van der Waals surface area contributed by atoms with Crippen LogP contribution >= 0.6 is 15.8 Å². The van der Waals surface area contributed by atoms with Crippen LogP contribution in [0.2, 0.25) is 6.32 Å². The van der Waals surface area contributed by atoms with Gasteiger partial charge in [-0.15, -0.1) is 0 Å². The molecule has 0 unspecified atom stereocenters. The van der Waals surface area contributed by atoms with E-state index in [1.165, 1.54) is 50.9 Å². The zero-order chi connectivity index (χ0) is 7.66. The maximum Gasteiger partial charge on any atom is 0.204 e. The highest BCUT2D eigenvalue weighted by Crippen LogP contribution is 2.07. The van der Waals surface area contributed by atoms with E-state index in [4.69, 9.17) is 0 Å². The lowest BCUT2D eigenvalue weighted by molar-refractivity contribution is 0.624. The summed E-state index contributed by atoms with van der Waals surface area (Å²) in [5, 5.41) is 0. The van der Waals surface area contributed by atoms with Gasteiger partial charge in [0, 0.05) is 0 Å². The lowest BCUT2D eigenvalue weighted by Gasteiger charge is -1.96. The standard InChI is InChI=1S/C8H18BBr/c1-2-3-4-5-6-7-8-9-10/h9H,2-8H2,1H3. The third-order valence-corrected chi connectivity index (χ3v) is 2.30. The molecule has 0 heterocycles. The van der Waals surface area contributed by atoms with E-state index in [0.29, 0.717) is 0 Å². The van der Waals surface area contributed by atoms with Crippen LogP contribution in [0.4, 0.5) is 0 Å². The number of rotatable bonds is 7. The summed E-state index contributed by atoms with van der Waals surface area (Å²) in [6.07, 6.45) is 11.1. The van der Waals surface area contributed by atoms with Crippen LogP contribution in [0, 0.1) is 0 Å². The van der Waals surface area contributed by atoms with Crippen molar-refractivity contribution in [3.05, 3.63) is 0 Å². The first-order valence-corrected chi connectivity index (χ1v) is 5.60. The molecule has 0 saturated carbocycles. The molecule has 0 saturated heterocycles. The molecule has 0 aliphatic carbocycles. The molecular formula is C8H18BBr. The van der Waals surface area contributed by atoms with Gasteiger partial charge in [-0.2, -0.15) is 15.8 Å². The number of hydrogen-bond donors (Lipinski definition) is 0. The van der Waals surface area contributed by atoms with Crippen LogP contribution in [0.15, 0.2) is 0 Å². The van der Waals surface area contributed by atoms with E-state index < -0.39 is 0 Å². The van der Waals surface area contributed by atoms with E-state index in [2.05, 4.69) is 22.7 Å². The summed E-state index contributed by atoms with van der Waals surface area (Å²) in [5.74, 6) is 0. The normalized spacial score (nSPS) is 9.80. The third-order valence-electron chi connectivity index (χ3n) is 1.74. The van der Waals surface area contributed by atoms with Gasteiger partial charge in [0.25, 0.3) is 0 Å². The summed E-state index contributed by atoms with van der Waals surface area (Å²) >= 11 is 3.43. The quantitative estimate of drug-likeness (QED) is 0.440. The summed E-state index contributed by atoms with van der Waals surface area (Å²) in [4.78, 5) is 0. The first-order chi connectivity index (χ1) is 4.91. The number of unbranched alkanes of at least 4 members (excludes halogenated alkanes) is 5. The van der Waals surface area contributed by atoms with E-state index in [9.17, 15) is 0 Å². The second-order valence-electron chi connectivity index (χ2n) is 2.81. The second-order valence-corrected chi connectivity index (χ2v) is 3.60. The molecule has 0 aromatic carbocycles. The Morgan fingerprint density at radius 3 is 2.20 bits per heavy atom. The predicted octanol–water partition coefficient (Wildman–Crippen LogP) is 3.51. The van der Waals surface area contributed by atoms with Crippen LogP contribution in [-0.4, -0.2) is 6.10 Å². The van der Waals surface area contributed by atoms with Gasteiger partial charge in [0.15, 0.2) is 0 Å². The van der Waals surface area contributed by atoms with Crippen molar-refractivity contribution in [2.45, 2.75) is 51.8 Å². The van der Waals surface area contributed by atoms with Gasteiger partial charge in [0.05, 0.1) is 0 Å². The zero-order valence-corrected chi connectivity index (χ0v) is 8.62. The molecule has 0 atom stereocenters. The fourth-order valence-electron chi connectivity index (χ4n) is 1.05. The fraction of sp³-hybridized carbons (Fsp3) is 1.00. The van der Waals surface area contributed by atoms with Crippen molar-refractivity contribution >= 4 is 21.9 Å². The van der Waals surface area contributed by atoms with Crippen molar-refractivity contribution in [2.75, 3.05) is 0 Å². The Labute approximate surface area is 74.0 Å². The Hall–Kier alpha value is 0.545. The number of hydrogen-bond acceptors (Lipinski definition) is 0. The van der Waals surface area contributed by atoms with Crippen molar-refractivity contribution < 1.29 is 0 Å². The van der Waals surface area contributed by atoms with Crippen molar-refractivity contribution in [1.82, 2.24) is 0 Å². The lowest BCUT2D eigenvalue weighted by Crippen LogP contribution is -1.80. The topological polar surface area (TPSA) is 0 Å². The highest BCUT2D eigenvalue weighted by molar-refractivity contribution is 9.23. The molecule has 0 amide bonds. The van der Waals surface area contributed by atoms with Gasteiger partial charge in [-0.05, 0) is 0 Å². The Morgan fingerprint density at radius 2 is 1.60 bits per heavy atom. The first kappa shape index (κ1) is 10.5. The van der Waals surface area contributed by atoms with Crippen molar-refractivity contribution in [1.29, 1.82) is 0 Å². The van der Waals surface area contributed by atoms with E-state index in [-0.39, 0.29) is 0 Å². The van der Waals surface area contributed by atoms with Crippen LogP contribution in [0.25, 0.3) is 0 Å². The van der Waals surface area contributed by atoms with Crippen LogP contribution in [-0.2, 0) is 0 Å². The van der Waals surface area contributed by atoms with E-state index in [1.54, 1.807) is 0 Å². The molecule has 0 aromatic heterocycles. The monoisotopic (exact) mass is 204 g/mol. The smallest absolute Gasteiger partial charge is 0.162 e. The molecule has 0 radical (unpaired) electrons. The Balaban J connectivity index is 2.65. The van der Waals surface area contributed by atoms with Gasteiger partial charge in [-0.1, -0.05) is 51.8 Å². The Kier molecular flexibility index (Phi) is 10.1. The molecule has 2 heteroatoms. The molecular weight excluding hydrogens is 187 g/mol. The molecule has 0 bridgehead atoms. The number of halogens is 1. The summed E-state index contributed by atoms with van der Waals surface area (Å²) < 4.78 is 0. The maximum atomic E-state index is 3.43. The SMILES string of the molecule is CCCCCCCCBBr. The highest BCUT2D eigenvalue weighted by atomic mass is 79.9. The predicted molar refractivity (Wildman–Crippen MR) is 54.3 cm³/mol. The van der Waals surface area contributed by atoms with Crippen molar-refractivity contribution in [3.8, 4) is 0 Å². The van der Waals surface area contributed by atoms with Crippen molar-refractivity contribution in [2.24, 2.45) is 0 Å². The summed E-state index contributed by atoms with van der Waals surface area (Å²) in [7, 11) is 0. The van der Waals surface area contributed by atoms with E-state index >= 15 is 0 Å². The Morgan fingerprint density at radius 1 is 1.00 bits per heavy atom. The van der Waals surface area contributed by atoms with Gasteiger partial charge in [0.2, 0.25) is 6.10 Å². The van der Waals surface area contributed by atoms with E-state index in [1.807, 2.05) is 0 Å². The molecule has 0 spiro atoms. The van der Waals surface area contributed by atoms with Crippen LogP contribution < -0.4 is 0 Å². The van der Waals surface area contributed by atoms with Crippen LogP contribution in [0.3, 0.4) is 0 Å². The first-order valence-electron chi connectivity index (χ1n) is 4.47. The average Bonchev–Trinajstić information content (AvgIpc) is 1.97. The zero-order valence-electron chi connectivity index (χ0n) is 7.03. The molecule has 10 heavy (non-hydrogen) atoms. The molecule has 0 aliphatic heterocycles.